The Labute approximate surface area is 65.3 Å². The summed E-state index contributed by atoms with van der Waals surface area (Å²) in [6.45, 7) is 11.2. The topological polar surface area (TPSA) is 0 Å². The van der Waals surface area contributed by atoms with Crippen molar-refractivity contribution in [3.63, 3.8) is 0 Å². The minimum absolute atomic E-state index is 0.450. The molecule has 0 N–H and O–H groups in total. The Kier molecular flexibility index (Phi) is 3.70. The maximum absolute atomic E-state index is 2.28. The van der Waals surface area contributed by atoms with Crippen molar-refractivity contribution in [2.24, 2.45) is 11.3 Å². The van der Waals surface area contributed by atoms with Crippen LogP contribution in [0.2, 0.25) is 0 Å². The van der Waals surface area contributed by atoms with Gasteiger partial charge in [-0.2, -0.15) is 0 Å². The molecule has 0 aromatic rings. The predicted octanol–water partition coefficient (Wildman–Crippen LogP) is 3.63. The quantitative estimate of drug-likeness (QED) is 0.514. The predicted molar refractivity (Wildman–Crippen MR) is 48.1 cm³/mol. The Morgan fingerprint density at radius 2 is 1.70 bits per heavy atom. The zero-order valence-corrected chi connectivity index (χ0v) is 7.94. The summed E-state index contributed by atoms with van der Waals surface area (Å²) < 4.78 is 0. The second-order valence-corrected chi connectivity index (χ2v) is 4.44. The minimum atomic E-state index is 0.450. The van der Waals surface area contributed by atoms with Gasteiger partial charge in [-0.05, 0) is 17.8 Å². The molecule has 0 aliphatic heterocycles. The minimum Gasteiger partial charge on any atom is -0.0878 e. The van der Waals surface area contributed by atoms with Crippen molar-refractivity contribution >= 4 is 0 Å². The lowest BCUT2D eigenvalue weighted by molar-refractivity contribution is 0.419. The van der Waals surface area contributed by atoms with Crippen molar-refractivity contribution in [3.05, 3.63) is 12.2 Å². The van der Waals surface area contributed by atoms with Crippen LogP contribution in [-0.4, -0.2) is 0 Å². The zero-order chi connectivity index (χ0) is 8.20. The van der Waals surface area contributed by atoms with Crippen LogP contribution in [-0.2, 0) is 0 Å². The van der Waals surface area contributed by atoms with Crippen molar-refractivity contribution in [2.45, 2.75) is 41.0 Å². The average molecular weight is 140 g/mol. The van der Waals surface area contributed by atoms with Crippen LogP contribution >= 0.6 is 0 Å². The number of rotatable bonds is 2. The van der Waals surface area contributed by atoms with Crippen LogP contribution in [0.4, 0.5) is 0 Å². The third-order valence-electron chi connectivity index (χ3n) is 1.25. The first kappa shape index (κ1) is 9.74. The molecule has 60 valence electrons. The summed E-state index contributed by atoms with van der Waals surface area (Å²) in [6.07, 6.45) is 5.74. The lowest BCUT2D eigenvalue weighted by atomic mass is 9.92. The van der Waals surface area contributed by atoms with Gasteiger partial charge in [-0.1, -0.05) is 46.8 Å². The van der Waals surface area contributed by atoms with Crippen molar-refractivity contribution in [1.82, 2.24) is 0 Å². The normalized spacial score (nSPS) is 13.4. The van der Waals surface area contributed by atoms with Crippen molar-refractivity contribution < 1.29 is 0 Å². The molecule has 0 heteroatoms. The summed E-state index contributed by atoms with van der Waals surface area (Å²) in [5, 5.41) is 0. The third kappa shape index (κ3) is 7.74. The fourth-order valence-electron chi connectivity index (χ4n) is 0.694. The molecule has 0 unspecified atom stereocenters. The Balaban J connectivity index is 3.54. The third-order valence-corrected chi connectivity index (χ3v) is 1.25. The van der Waals surface area contributed by atoms with Crippen LogP contribution < -0.4 is 0 Å². The highest BCUT2D eigenvalue weighted by molar-refractivity contribution is 4.87. The first-order valence-electron chi connectivity index (χ1n) is 4.08. The molecular weight excluding hydrogens is 120 g/mol. The average Bonchev–Trinajstić information content (AvgIpc) is 1.59. The SMILES string of the molecule is CC(C)/C=C/CC(C)(C)C. The second-order valence-electron chi connectivity index (χ2n) is 4.44. The fraction of sp³-hybridized carbons (Fsp3) is 0.800. The van der Waals surface area contributed by atoms with Crippen LogP contribution in [0, 0.1) is 11.3 Å². The van der Waals surface area contributed by atoms with E-state index in [0.29, 0.717) is 11.3 Å². The molecule has 0 spiro atoms. The van der Waals surface area contributed by atoms with E-state index in [1.54, 1.807) is 0 Å². The van der Waals surface area contributed by atoms with Gasteiger partial charge >= 0.3 is 0 Å². The van der Waals surface area contributed by atoms with E-state index >= 15 is 0 Å². The van der Waals surface area contributed by atoms with Crippen LogP contribution in [0.25, 0.3) is 0 Å². The molecule has 0 aromatic carbocycles. The van der Waals surface area contributed by atoms with E-state index in [9.17, 15) is 0 Å². The van der Waals surface area contributed by atoms with Gasteiger partial charge in [-0.15, -0.1) is 0 Å². The van der Waals surface area contributed by atoms with Gasteiger partial charge in [0.15, 0.2) is 0 Å². The van der Waals surface area contributed by atoms with Crippen molar-refractivity contribution in [1.29, 1.82) is 0 Å². The molecule has 10 heavy (non-hydrogen) atoms. The molecule has 0 fully saturated rings. The second kappa shape index (κ2) is 3.80. The maximum Gasteiger partial charge on any atom is -0.0290 e. The van der Waals surface area contributed by atoms with Gasteiger partial charge in [-0.3, -0.25) is 0 Å². The summed E-state index contributed by atoms with van der Waals surface area (Å²) in [7, 11) is 0. The molecule has 0 saturated carbocycles. The number of allylic oxidation sites excluding steroid dienone is 2. The molecule has 0 rings (SSSR count). The van der Waals surface area contributed by atoms with E-state index in [1.807, 2.05) is 0 Å². The smallest absolute Gasteiger partial charge is 0.0290 e. The van der Waals surface area contributed by atoms with Crippen LogP contribution in [0.3, 0.4) is 0 Å². The highest BCUT2D eigenvalue weighted by Gasteiger charge is 2.05. The van der Waals surface area contributed by atoms with Crippen LogP contribution in [0.1, 0.15) is 41.0 Å². The fourth-order valence-corrected chi connectivity index (χ4v) is 0.694. The van der Waals surface area contributed by atoms with E-state index in [2.05, 4.69) is 46.8 Å². The summed E-state index contributed by atoms with van der Waals surface area (Å²) in [5.74, 6) is 0.697. The Morgan fingerprint density at radius 1 is 1.20 bits per heavy atom. The summed E-state index contributed by atoms with van der Waals surface area (Å²) >= 11 is 0. The number of hydrogen-bond donors (Lipinski definition) is 0. The summed E-state index contributed by atoms with van der Waals surface area (Å²) in [5.41, 5.74) is 0.450. The monoisotopic (exact) mass is 140 g/mol. The molecule has 0 heterocycles. The highest BCUT2D eigenvalue weighted by Crippen LogP contribution is 2.18. The lowest BCUT2D eigenvalue weighted by Crippen LogP contribution is -2.01. The van der Waals surface area contributed by atoms with Gasteiger partial charge in [0, 0.05) is 0 Å². The van der Waals surface area contributed by atoms with Gasteiger partial charge in [0.1, 0.15) is 0 Å². The van der Waals surface area contributed by atoms with Crippen molar-refractivity contribution in [2.75, 3.05) is 0 Å². The number of hydrogen-bond acceptors (Lipinski definition) is 0. The molecule has 0 bridgehead atoms. The summed E-state index contributed by atoms with van der Waals surface area (Å²) in [4.78, 5) is 0. The molecule has 0 radical (unpaired) electrons. The molecule has 0 aliphatic rings. The molecular formula is C10H20. The highest BCUT2D eigenvalue weighted by atomic mass is 14.1. The van der Waals surface area contributed by atoms with Crippen molar-refractivity contribution in [3.8, 4) is 0 Å². The zero-order valence-electron chi connectivity index (χ0n) is 7.94. The standard InChI is InChI=1S/C10H20/c1-9(2)7-6-8-10(3,4)5/h6-7,9H,8H2,1-5H3/b7-6+. The van der Waals surface area contributed by atoms with Gasteiger partial charge < -0.3 is 0 Å². The van der Waals surface area contributed by atoms with Crippen LogP contribution in [0.15, 0.2) is 12.2 Å². The molecule has 0 atom stereocenters. The molecule has 0 aliphatic carbocycles. The molecule has 0 aromatic heterocycles. The van der Waals surface area contributed by atoms with E-state index in [0.717, 1.165) is 0 Å². The largest absolute Gasteiger partial charge is 0.0878 e. The summed E-state index contributed by atoms with van der Waals surface area (Å²) in [6, 6.07) is 0. The van der Waals surface area contributed by atoms with E-state index < -0.39 is 0 Å². The van der Waals surface area contributed by atoms with Gasteiger partial charge in [0.2, 0.25) is 0 Å². The van der Waals surface area contributed by atoms with Gasteiger partial charge in [0.05, 0.1) is 0 Å². The van der Waals surface area contributed by atoms with E-state index in [-0.39, 0.29) is 0 Å². The molecule has 0 saturated heterocycles. The van der Waals surface area contributed by atoms with Gasteiger partial charge in [-0.25, -0.2) is 0 Å². The van der Waals surface area contributed by atoms with E-state index in [1.165, 1.54) is 6.42 Å². The van der Waals surface area contributed by atoms with Crippen LogP contribution in [0.5, 0.6) is 0 Å². The molecule has 0 amide bonds. The first-order chi connectivity index (χ1) is 4.42. The Bertz CT molecular complexity index is 102. The van der Waals surface area contributed by atoms with Gasteiger partial charge in [0.25, 0.3) is 0 Å². The first-order valence-corrected chi connectivity index (χ1v) is 4.08. The Morgan fingerprint density at radius 3 is 2.00 bits per heavy atom. The Hall–Kier alpha value is -0.260. The van der Waals surface area contributed by atoms with E-state index in [4.69, 9.17) is 0 Å². The lowest BCUT2D eigenvalue weighted by Gasteiger charge is -2.14. The maximum atomic E-state index is 2.28. The molecule has 0 nitrogen and oxygen atoms in total.